The minimum atomic E-state index is -0.136. The molecule has 4 aromatic rings. The molecule has 3 aromatic heterocycles. The Kier molecular flexibility index (Phi) is 5.13. The quantitative estimate of drug-likeness (QED) is 0.456. The van der Waals surface area contributed by atoms with Crippen molar-refractivity contribution in [3.05, 3.63) is 81.7 Å². The van der Waals surface area contributed by atoms with E-state index in [1.807, 2.05) is 49.1 Å². The fraction of sp³-hybridized carbons (Fsp3) is 0.292. The molecule has 7 nitrogen and oxygen atoms in total. The fourth-order valence-corrected chi connectivity index (χ4v) is 4.42. The largest absolute Gasteiger partial charge is 0.455 e. The Labute approximate surface area is 191 Å². The molecule has 0 bridgehead atoms. The maximum atomic E-state index is 13.1. The number of halogens is 1. The Morgan fingerprint density at radius 1 is 1.19 bits per heavy atom. The number of nitrogens with zero attached hydrogens (tertiary/aromatic N) is 5. The maximum Gasteiger partial charge on any atom is 0.289 e. The number of hydrogen-bond acceptors (Lipinski definition) is 4. The Morgan fingerprint density at radius 3 is 2.69 bits per heavy atom. The molecule has 0 atom stereocenters. The second-order valence-corrected chi connectivity index (χ2v) is 8.80. The molecule has 1 amide bonds. The van der Waals surface area contributed by atoms with E-state index in [1.165, 1.54) is 5.56 Å². The van der Waals surface area contributed by atoms with Gasteiger partial charge in [-0.3, -0.25) is 14.2 Å². The van der Waals surface area contributed by atoms with E-state index in [0.29, 0.717) is 18.8 Å². The summed E-state index contributed by atoms with van der Waals surface area (Å²) in [7, 11) is 3.64. The first-order chi connectivity index (χ1) is 15.4. The number of rotatable bonds is 5. The van der Waals surface area contributed by atoms with E-state index in [2.05, 4.69) is 11.3 Å². The van der Waals surface area contributed by atoms with Gasteiger partial charge in [0.25, 0.3) is 5.91 Å². The molecule has 1 aromatic carbocycles. The van der Waals surface area contributed by atoms with Crippen LogP contribution in [0.4, 0.5) is 0 Å². The average Bonchev–Trinajstić information content (AvgIpc) is 3.45. The Hall–Kier alpha value is -3.32. The summed E-state index contributed by atoms with van der Waals surface area (Å²) in [6, 6.07) is 7.79. The van der Waals surface area contributed by atoms with Crippen LogP contribution < -0.4 is 0 Å². The lowest BCUT2D eigenvalue weighted by atomic mass is 9.93. The Balaban J connectivity index is 1.41. The third-order valence-electron chi connectivity index (χ3n) is 5.89. The van der Waals surface area contributed by atoms with Crippen molar-refractivity contribution < 1.29 is 9.21 Å². The van der Waals surface area contributed by atoms with Gasteiger partial charge in [0.1, 0.15) is 5.76 Å². The standard InChI is InChI=1S/C24H24ClN5O2/c1-15-21-20(32-23(15)24(31)28(2)11-17-10-26-29(3)12-17)9-6-18-14-30(27-22(18)21)13-16-4-7-19(25)8-5-16/h4-5,7-8,10,12,14H,6,9,11,13H2,1-3H3. The third-order valence-corrected chi connectivity index (χ3v) is 6.14. The average molecular weight is 450 g/mol. The van der Waals surface area contributed by atoms with Crippen molar-refractivity contribution in [1.29, 1.82) is 0 Å². The van der Waals surface area contributed by atoms with Gasteiger partial charge in [0.05, 0.1) is 18.4 Å². The summed E-state index contributed by atoms with van der Waals surface area (Å²) in [6.07, 6.45) is 7.37. The van der Waals surface area contributed by atoms with Crippen molar-refractivity contribution in [2.24, 2.45) is 7.05 Å². The molecular formula is C24H24ClN5O2. The van der Waals surface area contributed by atoms with Crippen LogP contribution in [0.25, 0.3) is 11.3 Å². The number of aromatic nitrogens is 4. The van der Waals surface area contributed by atoms with Gasteiger partial charge in [-0.25, -0.2) is 0 Å². The molecule has 164 valence electrons. The zero-order valence-electron chi connectivity index (χ0n) is 18.3. The maximum absolute atomic E-state index is 13.1. The summed E-state index contributed by atoms with van der Waals surface area (Å²) in [5, 5.41) is 9.74. The summed E-state index contributed by atoms with van der Waals surface area (Å²) in [4.78, 5) is 14.8. The minimum Gasteiger partial charge on any atom is -0.455 e. The van der Waals surface area contributed by atoms with Crippen LogP contribution in [0.15, 0.2) is 47.3 Å². The van der Waals surface area contributed by atoms with Crippen molar-refractivity contribution in [1.82, 2.24) is 24.5 Å². The lowest BCUT2D eigenvalue weighted by Gasteiger charge is -2.15. The normalized spacial score (nSPS) is 12.5. The van der Waals surface area contributed by atoms with E-state index in [-0.39, 0.29) is 5.91 Å². The highest BCUT2D eigenvalue weighted by molar-refractivity contribution is 6.30. The van der Waals surface area contributed by atoms with Crippen LogP contribution in [-0.4, -0.2) is 37.4 Å². The topological polar surface area (TPSA) is 69.1 Å². The molecule has 0 N–H and O–H groups in total. The number of furan rings is 1. The molecule has 1 aliphatic carbocycles. The van der Waals surface area contributed by atoms with E-state index < -0.39 is 0 Å². The van der Waals surface area contributed by atoms with Gasteiger partial charge in [-0.05, 0) is 36.6 Å². The van der Waals surface area contributed by atoms with Gasteiger partial charge in [-0.2, -0.15) is 10.2 Å². The van der Waals surface area contributed by atoms with Crippen LogP contribution in [0.2, 0.25) is 5.02 Å². The molecule has 3 heterocycles. The number of aryl methyl sites for hydroxylation is 3. The first-order valence-corrected chi connectivity index (χ1v) is 10.9. The number of hydrogen-bond donors (Lipinski definition) is 0. The van der Waals surface area contributed by atoms with E-state index in [0.717, 1.165) is 51.6 Å². The van der Waals surface area contributed by atoms with Crippen molar-refractivity contribution in [3.8, 4) is 11.3 Å². The Bertz CT molecular complexity index is 1300. The van der Waals surface area contributed by atoms with Gasteiger partial charge in [0, 0.05) is 61.2 Å². The number of benzene rings is 1. The molecular weight excluding hydrogens is 426 g/mol. The van der Waals surface area contributed by atoms with Crippen molar-refractivity contribution in [2.45, 2.75) is 32.9 Å². The summed E-state index contributed by atoms with van der Waals surface area (Å²) in [5.41, 5.74) is 6.00. The number of fused-ring (bicyclic) bond motifs is 3. The summed E-state index contributed by atoms with van der Waals surface area (Å²) >= 11 is 6.00. The molecule has 32 heavy (non-hydrogen) atoms. The first kappa shape index (κ1) is 20.6. The molecule has 0 fully saturated rings. The molecule has 1 aliphatic rings. The van der Waals surface area contributed by atoms with Crippen LogP contribution in [0.1, 0.15) is 38.6 Å². The highest BCUT2D eigenvalue weighted by atomic mass is 35.5. The van der Waals surface area contributed by atoms with Crippen molar-refractivity contribution >= 4 is 17.5 Å². The predicted octanol–water partition coefficient (Wildman–Crippen LogP) is 4.26. The molecule has 0 unspecified atom stereocenters. The summed E-state index contributed by atoms with van der Waals surface area (Å²) in [6.45, 7) is 3.08. The monoisotopic (exact) mass is 449 g/mol. The van der Waals surface area contributed by atoms with Crippen molar-refractivity contribution in [2.75, 3.05) is 7.05 Å². The lowest BCUT2D eigenvalue weighted by molar-refractivity contribution is 0.0750. The zero-order valence-corrected chi connectivity index (χ0v) is 19.1. The molecule has 0 saturated carbocycles. The summed E-state index contributed by atoms with van der Waals surface area (Å²) in [5.74, 6) is 1.09. The van der Waals surface area contributed by atoms with Crippen molar-refractivity contribution in [3.63, 3.8) is 0 Å². The second-order valence-electron chi connectivity index (χ2n) is 8.36. The highest BCUT2D eigenvalue weighted by Gasteiger charge is 2.30. The molecule has 0 spiro atoms. The molecule has 5 rings (SSSR count). The van der Waals surface area contributed by atoms with Gasteiger partial charge in [0.15, 0.2) is 5.76 Å². The van der Waals surface area contributed by atoms with Gasteiger partial charge < -0.3 is 9.32 Å². The molecule has 0 radical (unpaired) electrons. The van der Waals surface area contributed by atoms with E-state index >= 15 is 0 Å². The first-order valence-electron chi connectivity index (χ1n) is 10.6. The molecule has 0 aliphatic heterocycles. The van der Waals surface area contributed by atoms with Crippen LogP contribution >= 0.6 is 11.6 Å². The number of carbonyl (C=O) groups excluding carboxylic acids is 1. The number of carbonyl (C=O) groups is 1. The van der Waals surface area contributed by atoms with Crippen LogP contribution in [0, 0.1) is 6.92 Å². The molecule has 8 heteroatoms. The van der Waals surface area contributed by atoms with Gasteiger partial charge >= 0.3 is 0 Å². The summed E-state index contributed by atoms with van der Waals surface area (Å²) < 4.78 is 9.76. The van der Waals surface area contributed by atoms with Crippen LogP contribution in [-0.2, 0) is 33.0 Å². The van der Waals surface area contributed by atoms with Gasteiger partial charge in [0.2, 0.25) is 0 Å². The highest BCUT2D eigenvalue weighted by Crippen LogP contribution is 2.38. The van der Waals surface area contributed by atoms with Gasteiger partial charge in [-0.15, -0.1) is 0 Å². The van der Waals surface area contributed by atoms with Crippen LogP contribution in [0.3, 0.4) is 0 Å². The minimum absolute atomic E-state index is 0.136. The van der Waals surface area contributed by atoms with E-state index in [1.54, 1.807) is 22.8 Å². The fourth-order valence-electron chi connectivity index (χ4n) is 4.30. The number of amides is 1. The predicted molar refractivity (Wildman–Crippen MR) is 122 cm³/mol. The smallest absolute Gasteiger partial charge is 0.289 e. The zero-order chi connectivity index (χ0) is 22.4. The van der Waals surface area contributed by atoms with E-state index in [9.17, 15) is 4.79 Å². The third kappa shape index (κ3) is 3.73. The molecule has 0 saturated heterocycles. The lowest BCUT2D eigenvalue weighted by Crippen LogP contribution is -2.26. The second kappa shape index (κ2) is 7.98. The van der Waals surface area contributed by atoms with Gasteiger partial charge in [-0.1, -0.05) is 23.7 Å². The van der Waals surface area contributed by atoms with E-state index in [4.69, 9.17) is 21.1 Å². The SMILES string of the molecule is Cc1c(C(=O)N(C)Cc2cnn(C)c2)oc2c1-c1nn(Cc3ccc(Cl)cc3)cc1CC2. The Morgan fingerprint density at radius 2 is 1.97 bits per heavy atom. The van der Waals surface area contributed by atoms with Crippen LogP contribution in [0.5, 0.6) is 0 Å².